The van der Waals surface area contributed by atoms with Crippen LogP contribution in [0, 0.1) is 6.92 Å². The number of aryl methyl sites for hydroxylation is 1. The average molecular weight is 385 g/mol. The van der Waals surface area contributed by atoms with Gasteiger partial charge in [-0.2, -0.15) is 0 Å². The lowest BCUT2D eigenvalue weighted by Gasteiger charge is -2.19. The standard InChI is InChI=1S/C22H28N2O2S/c1-16-8-5-6-9-19(16)23-21(27)24-20(25)10-7-15-26-18-13-11-17(12-14-18)22(2,3)4/h5-6,8-9,11-14H,7,10,15H2,1-4H3,(H2,23,24,25,27). The molecule has 27 heavy (non-hydrogen) atoms. The lowest BCUT2D eigenvalue weighted by Crippen LogP contribution is -2.34. The number of thiocarbonyl (C=S) groups is 1. The summed E-state index contributed by atoms with van der Waals surface area (Å²) in [5.74, 6) is 0.702. The highest BCUT2D eigenvalue weighted by molar-refractivity contribution is 7.80. The number of anilines is 1. The van der Waals surface area contributed by atoms with Crippen molar-refractivity contribution in [2.24, 2.45) is 0 Å². The van der Waals surface area contributed by atoms with Crippen molar-refractivity contribution in [3.8, 4) is 5.75 Å². The second kappa shape index (κ2) is 9.51. The van der Waals surface area contributed by atoms with E-state index in [1.807, 2.05) is 43.3 Å². The minimum Gasteiger partial charge on any atom is -0.494 e. The van der Waals surface area contributed by atoms with Crippen molar-refractivity contribution in [1.29, 1.82) is 0 Å². The van der Waals surface area contributed by atoms with E-state index >= 15 is 0 Å². The lowest BCUT2D eigenvalue weighted by atomic mass is 9.87. The van der Waals surface area contributed by atoms with Crippen LogP contribution in [0.15, 0.2) is 48.5 Å². The van der Waals surface area contributed by atoms with Crippen LogP contribution in [0.3, 0.4) is 0 Å². The Morgan fingerprint density at radius 1 is 1.07 bits per heavy atom. The van der Waals surface area contributed by atoms with Gasteiger partial charge in [0, 0.05) is 12.1 Å². The van der Waals surface area contributed by atoms with Gasteiger partial charge < -0.3 is 15.4 Å². The topological polar surface area (TPSA) is 50.4 Å². The number of nitrogens with one attached hydrogen (secondary N) is 2. The molecule has 4 nitrogen and oxygen atoms in total. The first-order chi connectivity index (χ1) is 12.8. The fourth-order valence-electron chi connectivity index (χ4n) is 2.53. The van der Waals surface area contributed by atoms with Crippen LogP contribution < -0.4 is 15.4 Å². The Morgan fingerprint density at radius 3 is 2.37 bits per heavy atom. The Kier molecular flexibility index (Phi) is 7.36. The molecular weight excluding hydrogens is 356 g/mol. The number of benzene rings is 2. The Hall–Kier alpha value is -2.40. The zero-order chi connectivity index (χ0) is 19.9. The first-order valence-electron chi connectivity index (χ1n) is 9.15. The summed E-state index contributed by atoms with van der Waals surface area (Å²) >= 11 is 5.20. The quantitative estimate of drug-likeness (QED) is 0.546. The summed E-state index contributed by atoms with van der Waals surface area (Å²) in [7, 11) is 0. The molecule has 0 aliphatic heterocycles. The summed E-state index contributed by atoms with van der Waals surface area (Å²) < 4.78 is 5.71. The molecule has 0 bridgehead atoms. The second-order valence-corrected chi connectivity index (χ2v) is 7.95. The smallest absolute Gasteiger partial charge is 0.226 e. The molecule has 0 atom stereocenters. The van der Waals surface area contributed by atoms with Crippen LogP contribution in [0.1, 0.15) is 44.7 Å². The van der Waals surface area contributed by atoms with E-state index in [2.05, 4.69) is 43.5 Å². The molecule has 0 aromatic heterocycles. The summed E-state index contributed by atoms with van der Waals surface area (Å²) in [5, 5.41) is 6.06. The fourth-order valence-corrected chi connectivity index (χ4v) is 2.75. The third-order valence-electron chi connectivity index (χ3n) is 4.18. The number of carbonyl (C=O) groups excluding carboxylic acids is 1. The summed E-state index contributed by atoms with van der Waals surface area (Å²) in [4.78, 5) is 12.0. The normalized spacial score (nSPS) is 11.0. The van der Waals surface area contributed by atoms with Crippen molar-refractivity contribution in [3.63, 3.8) is 0 Å². The van der Waals surface area contributed by atoms with Crippen LogP contribution in [0.5, 0.6) is 5.75 Å². The Labute approximate surface area is 167 Å². The number of hydrogen-bond donors (Lipinski definition) is 2. The molecule has 0 saturated carbocycles. The third-order valence-corrected chi connectivity index (χ3v) is 4.39. The van der Waals surface area contributed by atoms with Crippen LogP contribution in [0.4, 0.5) is 5.69 Å². The highest BCUT2D eigenvalue weighted by Crippen LogP contribution is 2.24. The highest BCUT2D eigenvalue weighted by atomic mass is 32.1. The summed E-state index contributed by atoms with van der Waals surface area (Å²) in [6, 6.07) is 15.9. The molecule has 0 fully saturated rings. The zero-order valence-electron chi connectivity index (χ0n) is 16.5. The molecule has 0 unspecified atom stereocenters. The van der Waals surface area contributed by atoms with Crippen LogP contribution in [0.2, 0.25) is 0 Å². The van der Waals surface area contributed by atoms with Gasteiger partial charge in [-0.25, -0.2) is 0 Å². The first-order valence-corrected chi connectivity index (χ1v) is 9.56. The van der Waals surface area contributed by atoms with Gasteiger partial charge in [0.15, 0.2) is 5.11 Å². The van der Waals surface area contributed by atoms with E-state index in [9.17, 15) is 4.79 Å². The Morgan fingerprint density at radius 2 is 1.74 bits per heavy atom. The maximum Gasteiger partial charge on any atom is 0.226 e. The van der Waals surface area contributed by atoms with E-state index in [4.69, 9.17) is 17.0 Å². The van der Waals surface area contributed by atoms with Gasteiger partial charge in [0.2, 0.25) is 5.91 Å². The maximum atomic E-state index is 12.0. The molecule has 1 amide bonds. The summed E-state index contributed by atoms with van der Waals surface area (Å²) in [6.07, 6.45) is 0.982. The number of ether oxygens (including phenoxy) is 1. The Bertz CT molecular complexity index is 780. The summed E-state index contributed by atoms with van der Waals surface area (Å²) in [5.41, 5.74) is 3.36. The predicted molar refractivity (Wildman–Crippen MR) is 115 cm³/mol. The van der Waals surface area contributed by atoms with E-state index in [1.54, 1.807) is 0 Å². The van der Waals surface area contributed by atoms with Crippen LogP contribution >= 0.6 is 12.2 Å². The van der Waals surface area contributed by atoms with E-state index in [0.717, 1.165) is 17.0 Å². The third kappa shape index (κ3) is 7.02. The number of hydrogen-bond acceptors (Lipinski definition) is 3. The molecule has 144 valence electrons. The van der Waals surface area contributed by atoms with Gasteiger partial charge in [0.1, 0.15) is 5.75 Å². The molecule has 0 heterocycles. The molecule has 2 N–H and O–H groups in total. The number of rotatable bonds is 6. The van der Waals surface area contributed by atoms with Crippen molar-refractivity contribution < 1.29 is 9.53 Å². The van der Waals surface area contributed by atoms with Crippen molar-refractivity contribution in [3.05, 3.63) is 59.7 Å². The summed E-state index contributed by atoms with van der Waals surface area (Å²) in [6.45, 7) is 9.01. The van der Waals surface area contributed by atoms with Gasteiger partial charge in [-0.15, -0.1) is 0 Å². The molecule has 2 aromatic carbocycles. The number of amides is 1. The van der Waals surface area contributed by atoms with Gasteiger partial charge in [-0.1, -0.05) is 51.1 Å². The van der Waals surface area contributed by atoms with Crippen molar-refractivity contribution in [2.75, 3.05) is 11.9 Å². The lowest BCUT2D eigenvalue weighted by molar-refractivity contribution is -0.119. The van der Waals surface area contributed by atoms with Gasteiger partial charge >= 0.3 is 0 Å². The van der Waals surface area contributed by atoms with Crippen molar-refractivity contribution in [1.82, 2.24) is 5.32 Å². The molecule has 0 spiro atoms. The van der Waals surface area contributed by atoms with E-state index in [1.165, 1.54) is 5.56 Å². The average Bonchev–Trinajstić information content (AvgIpc) is 2.60. The van der Waals surface area contributed by atoms with Gasteiger partial charge in [-0.3, -0.25) is 4.79 Å². The van der Waals surface area contributed by atoms with E-state index in [-0.39, 0.29) is 11.3 Å². The highest BCUT2D eigenvalue weighted by Gasteiger charge is 2.13. The van der Waals surface area contributed by atoms with Crippen LogP contribution in [0.25, 0.3) is 0 Å². The number of carbonyl (C=O) groups is 1. The predicted octanol–water partition coefficient (Wildman–Crippen LogP) is 4.96. The van der Waals surface area contributed by atoms with Crippen LogP contribution in [-0.2, 0) is 10.2 Å². The minimum absolute atomic E-state index is 0.118. The fraction of sp³-hybridized carbons (Fsp3) is 0.364. The SMILES string of the molecule is Cc1ccccc1NC(=S)NC(=O)CCCOc1ccc(C(C)(C)C)cc1. The van der Waals surface area contributed by atoms with Gasteiger partial charge in [-0.05, 0) is 60.3 Å². The van der Waals surface area contributed by atoms with Crippen molar-refractivity contribution >= 4 is 28.9 Å². The second-order valence-electron chi connectivity index (χ2n) is 7.54. The molecule has 2 rings (SSSR count). The zero-order valence-corrected chi connectivity index (χ0v) is 17.3. The van der Waals surface area contributed by atoms with E-state index < -0.39 is 0 Å². The first kappa shape index (κ1) is 20.9. The molecule has 0 aliphatic carbocycles. The van der Waals surface area contributed by atoms with Gasteiger partial charge in [0.25, 0.3) is 0 Å². The molecule has 0 radical (unpaired) electrons. The molecule has 0 saturated heterocycles. The maximum absolute atomic E-state index is 12.0. The van der Waals surface area contributed by atoms with Gasteiger partial charge in [0.05, 0.1) is 6.61 Å². The minimum atomic E-state index is -0.118. The van der Waals surface area contributed by atoms with E-state index in [0.29, 0.717) is 24.6 Å². The molecule has 2 aromatic rings. The van der Waals surface area contributed by atoms with Crippen LogP contribution in [-0.4, -0.2) is 17.6 Å². The molecule has 0 aliphatic rings. The Balaban J connectivity index is 1.68. The van der Waals surface area contributed by atoms with Crippen molar-refractivity contribution in [2.45, 2.75) is 46.0 Å². The molecular formula is C22H28N2O2S. The monoisotopic (exact) mass is 384 g/mol. The number of para-hydroxylation sites is 1. The largest absolute Gasteiger partial charge is 0.494 e. The molecule has 5 heteroatoms.